The summed E-state index contributed by atoms with van der Waals surface area (Å²) in [7, 11) is 1.50. The molecule has 3 rings (SSSR count). The van der Waals surface area contributed by atoms with Gasteiger partial charge in [-0.15, -0.1) is 0 Å². The summed E-state index contributed by atoms with van der Waals surface area (Å²) in [5.41, 5.74) is 2.70. The molecule has 0 spiro atoms. The van der Waals surface area contributed by atoms with Gasteiger partial charge < -0.3 is 4.57 Å². The number of hydrogen-bond acceptors (Lipinski definition) is 3. The number of benzene rings is 1. The van der Waals surface area contributed by atoms with Crippen LogP contribution in [0, 0.1) is 6.92 Å². The van der Waals surface area contributed by atoms with Gasteiger partial charge in [0.1, 0.15) is 5.49 Å². The SMILES string of the molecule is Cc1ccc(Cn2ccccc2=NC(=O)c2ccc(=O)n(C)n2)cc1. The monoisotopic (exact) mass is 334 g/mol. The number of rotatable bonds is 3. The van der Waals surface area contributed by atoms with Crippen LogP contribution in [0.4, 0.5) is 0 Å². The van der Waals surface area contributed by atoms with Gasteiger partial charge in [-0.25, -0.2) is 4.68 Å². The van der Waals surface area contributed by atoms with Gasteiger partial charge in [0.05, 0.1) is 0 Å². The molecule has 0 atom stereocenters. The molecule has 1 aromatic carbocycles. The highest BCUT2D eigenvalue weighted by Crippen LogP contribution is 2.04. The van der Waals surface area contributed by atoms with Crippen molar-refractivity contribution in [3.05, 3.63) is 93.5 Å². The average molecular weight is 334 g/mol. The minimum absolute atomic E-state index is 0.132. The van der Waals surface area contributed by atoms with Crippen LogP contribution in [0.2, 0.25) is 0 Å². The molecule has 6 heteroatoms. The normalized spacial score (nSPS) is 11.5. The summed E-state index contributed by atoms with van der Waals surface area (Å²) in [4.78, 5) is 27.9. The summed E-state index contributed by atoms with van der Waals surface area (Å²) in [5, 5.41) is 3.94. The average Bonchev–Trinajstić information content (AvgIpc) is 2.61. The summed E-state index contributed by atoms with van der Waals surface area (Å²) >= 11 is 0. The van der Waals surface area contributed by atoms with Gasteiger partial charge in [-0.1, -0.05) is 35.9 Å². The quantitative estimate of drug-likeness (QED) is 0.732. The van der Waals surface area contributed by atoms with Gasteiger partial charge in [-0.2, -0.15) is 10.1 Å². The topological polar surface area (TPSA) is 69.2 Å². The Hall–Kier alpha value is -3.28. The summed E-state index contributed by atoms with van der Waals surface area (Å²) in [6, 6.07) is 16.4. The van der Waals surface area contributed by atoms with E-state index in [2.05, 4.69) is 34.4 Å². The van der Waals surface area contributed by atoms with Crippen molar-refractivity contribution in [3.63, 3.8) is 0 Å². The van der Waals surface area contributed by atoms with Crippen LogP contribution in [0.3, 0.4) is 0 Å². The Kier molecular flexibility index (Phi) is 4.70. The van der Waals surface area contributed by atoms with Crippen molar-refractivity contribution in [3.8, 4) is 0 Å². The van der Waals surface area contributed by atoms with E-state index < -0.39 is 5.91 Å². The van der Waals surface area contributed by atoms with Crippen molar-refractivity contribution in [2.75, 3.05) is 0 Å². The smallest absolute Gasteiger partial charge is 0.299 e. The number of aromatic nitrogens is 3. The first-order valence-electron chi connectivity index (χ1n) is 7.87. The van der Waals surface area contributed by atoms with Gasteiger partial charge in [0.15, 0.2) is 5.69 Å². The molecule has 0 bridgehead atoms. The third kappa shape index (κ3) is 3.98. The lowest BCUT2D eigenvalue weighted by Gasteiger charge is -2.08. The summed E-state index contributed by atoms with van der Waals surface area (Å²) in [6.07, 6.45) is 1.88. The molecular formula is C19H18N4O2. The van der Waals surface area contributed by atoms with E-state index in [9.17, 15) is 9.59 Å². The fourth-order valence-corrected chi connectivity index (χ4v) is 2.37. The zero-order chi connectivity index (χ0) is 17.8. The Labute approximate surface area is 144 Å². The second kappa shape index (κ2) is 7.09. The Bertz CT molecular complexity index is 1030. The maximum atomic E-state index is 12.4. The first kappa shape index (κ1) is 16.6. The van der Waals surface area contributed by atoms with Crippen molar-refractivity contribution in [1.82, 2.24) is 14.3 Å². The first-order chi connectivity index (χ1) is 12.0. The molecule has 2 aromatic heterocycles. The molecule has 0 aliphatic heterocycles. The van der Waals surface area contributed by atoms with Crippen molar-refractivity contribution in [2.24, 2.45) is 12.0 Å². The molecule has 0 saturated carbocycles. The Morgan fingerprint density at radius 1 is 1.08 bits per heavy atom. The number of hydrogen-bond donors (Lipinski definition) is 0. The molecule has 2 heterocycles. The predicted octanol–water partition coefficient (Wildman–Crippen LogP) is 1.68. The maximum Gasteiger partial charge on any atom is 0.299 e. The minimum Gasteiger partial charge on any atom is -0.328 e. The van der Waals surface area contributed by atoms with Crippen molar-refractivity contribution in [1.29, 1.82) is 0 Å². The number of pyridine rings is 1. The molecule has 0 unspecified atom stereocenters. The Morgan fingerprint density at radius 3 is 2.56 bits per heavy atom. The molecule has 6 nitrogen and oxygen atoms in total. The van der Waals surface area contributed by atoms with Gasteiger partial charge in [0.25, 0.3) is 11.5 Å². The molecule has 0 N–H and O–H groups in total. The number of aryl methyl sites for hydroxylation is 2. The largest absolute Gasteiger partial charge is 0.328 e. The lowest BCUT2D eigenvalue weighted by atomic mass is 10.1. The zero-order valence-corrected chi connectivity index (χ0v) is 14.1. The minimum atomic E-state index is -0.487. The lowest BCUT2D eigenvalue weighted by molar-refractivity contribution is 0.0990. The van der Waals surface area contributed by atoms with Crippen LogP contribution in [0.25, 0.3) is 0 Å². The van der Waals surface area contributed by atoms with Crippen molar-refractivity contribution < 1.29 is 4.79 Å². The standard InChI is InChI=1S/C19H18N4O2/c1-14-6-8-15(9-7-14)13-23-12-4-3-5-17(23)20-19(25)16-10-11-18(24)22(2)21-16/h3-12H,13H2,1-2H3. The molecule has 1 amide bonds. The zero-order valence-electron chi connectivity index (χ0n) is 14.1. The van der Waals surface area contributed by atoms with Crippen LogP contribution < -0.4 is 11.0 Å². The van der Waals surface area contributed by atoms with Crippen molar-refractivity contribution in [2.45, 2.75) is 13.5 Å². The fraction of sp³-hybridized carbons (Fsp3) is 0.158. The Balaban J connectivity index is 1.95. The molecule has 25 heavy (non-hydrogen) atoms. The van der Waals surface area contributed by atoms with Gasteiger partial charge in [0.2, 0.25) is 0 Å². The van der Waals surface area contributed by atoms with E-state index in [1.807, 2.05) is 29.8 Å². The highest BCUT2D eigenvalue weighted by molar-refractivity contribution is 5.92. The van der Waals surface area contributed by atoms with Crippen LogP contribution >= 0.6 is 0 Å². The third-order valence-electron chi connectivity index (χ3n) is 3.79. The van der Waals surface area contributed by atoms with E-state index in [1.54, 1.807) is 6.07 Å². The highest BCUT2D eigenvalue weighted by Gasteiger charge is 2.07. The number of carbonyl (C=O) groups excluding carboxylic acids is 1. The van der Waals surface area contributed by atoms with E-state index >= 15 is 0 Å². The van der Waals surface area contributed by atoms with Gasteiger partial charge in [-0.05, 0) is 30.7 Å². The van der Waals surface area contributed by atoms with E-state index in [1.165, 1.54) is 24.7 Å². The van der Waals surface area contributed by atoms with Crippen LogP contribution in [0.15, 0.2) is 70.6 Å². The fourth-order valence-electron chi connectivity index (χ4n) is 2.37. The van der Waals surface area contributed by atoms with Crippen LogP contribution in [0.1, 0.15) is 21.6 Å². The van der Waals surface area contributed by atoms with E-state index in [-0.39, 0.29) is 11.3 Å². The van der Waals surface area contributed by atoms with Crippen LogP contribution in [0.5, 0.6) is 0 Å². The maximum absolute atomic E-state index is 12.4. The third-order valence-corrected chi connectivity index (χ3v) is 3.79. The van der Waals surface area contributed by atoms with Gasteiger partial charge >= 0.3 is 0 Å². The van der Waals surface area contributed by atoms with Crippen molar-refractivity contribution >= 4 is 5.91 Å². The molecule has 3 aromatic rings. The highest BCUT2D eigenvalue weighted by atomic mass is 16.2. The Morgan fingerprint density at radius 2 is 1.84 bits per heavy atom. The van der Waals surface area contributed by atoms with E-state index in [0.717, 1.165) is 10.2 Å². The second-order valence-corrected chi connectivity index (χ2v) is 5.77. The summed E-state index contributed by atoms with van der Waals surface area (Å²) in [5.74, 6) is -0.487. The second-order valence-electron chi connectivity index (χ2n) is 5.77. The lowest BCUT2D eigenvalue weighted by Crippen LogP contribution is -2.24. The molecule has 0 fully saturated rings. The number of nitrogens with zero attached hydrogens (tertiary/aromatic N) is 4. The van der Waals surface area contributed by atoms with Gasteiger partial charge in [0, 0.05) is 25.9 Å². The summed E-state index contributed by atoms with van der Waals surface area (Å²) in [6.45, 7) is 2.65. The molecule has 0 radical (unpaired) electrons. The number of carbonyl (C=O) groups is 1. The summed E-state index contributed by atoms with van der Waals surface area (Å²) < 4.78 is 3.01. The van der Waals surface area contributed by atoms with E-state index in [0.29, 0.717) is 12.0 Å². The first-order valence-corrected chi connectivity index (χ1v) is 7.87. The van der Waals surface area contributed by atoms with Gasteiger partial charge in [-0.3, -0.25) is 9.59 Å². The van der Waals surface area contributed by atoms with Crippen LogP contribution in [-0.4, -0.2) is 20.3 Å². The predicted molar refractivity (Wildman–Crippen MR) is 94.1 cm³/mol. The van der Waals surface area contributed by atoms with E-state index in [4.69, 9.17) is 0 Å². The molecule has 0 aliphatic rings. The van der Waals surface area contributed by atoms with Crippen LogP contribution in [-0.2, 0) is 13.6 Å². The molecular weight excluding hydrogens is 316 g/mol. The molecule has 0 aliphatic carbocycles. The molecule has 0 saturated heterocycles. The number of amides is 1. The molecule has 126 valence electrons.